The number of nitro benzene ring substituents is 1. The van der Waals surface area contributed by atoms with Gasteiger partial charge in [0.15, 0.2) is 5.78 Å². The van der Waals surface area contributed by atoms with Crippen molar-refractivity contribution in [2.24, 2.45) is 0 Å². The van der Waals surface area contributed by atoms with Crippen molar-refractivity contribution in [3.63, 3.8) is 0 Å². The zero-order valence-electron chi connectivity index (χ0n) is 15.5. The maximum Gasteiger partial charge on any atom is 0.323 e. The van der Waals surface area contributed by atoms with Crippen molar-refractivity contribution in [3.05, 3.63) is 74.8 Å². The van der Waals surface area contributed by atoms with Crippen LogP contribution in [-0.2, 0) is 16.0 Å². The number of aryl methyl sites for hydroxylation is 2. The molecule has 7 nitrogen and oxygen atoms in total. The molecule has 7 heteroatoms. The van der Waals surface area contributed by atoms with E-state index in [1.54, 1.807) is 24.3 Å². The molecule has 2 aromatic rings. The topological polar surface area (TPSA) is 98.5 Å². The van der Waals surface area contributed by atoms with E-state index < -0.39 is 16.9 Å². The van der Waals surface area contributed by atoms with E-state index in [0.717, 1.165) is 16.7 Å². The van der Waals surface area contributed by atoms with Crippen LogP contribution in [0.2, 0.25) is 0 Å². The highest BCUT2D eigenvalue weighted by atomic mass is 16.6. The molecular weight excluding hydrogens is 348 g/mol. The number of hydrogen-bond donors (Lipinski definition) is 1. The number of nitrogens with zero attached hydrogens (tertiary/aromatic N) is 1. The van der Waals surface area contributed by atoms with Crippen molar-refractivity contribution in [2.75, 3.05) is 13.7 Å². The third-order valence-corrected chi connectivity index (χ3v) is 4.13. The van der Waals surface area contributed by atoms with Gasteiger partial charge in [-0.15, -0.1) is 0 Å². The second-order valence-corrected chi connectivity index (χ2v) is 6.38. The maximum absolute atomic E-state index is 12.4. The zero-order valence-corrected chi connectivity index (χ0v) is 15.5. The molecule has 0 aliphatic carbocycles. The summed E-state index contributed by atoms with van der Waals surface area (Å²) in [6, 6.07) is 10.8. The van der Waals surface area contributed by atoms with E-state index in [0.29, 0.717) is 5.56 Å². The molecule has 2 aromatic carbocycles. The molecule has 1 atom stereocenters. The lowest BCUT2D eigenvalue weighted by Crippen LogP contribution is -2.42. The van der Waals surface area contributed by atoms with Crippen LogP contribution in [0.1, 0.15) is 27.0 Å². The zero-order chi connectivity index (χ0) is 20.0. The van der Waals surface area contributed by atoms with E-state index in [4.69, 9.17) is 4.74 Å². The summed E-state index contributed by atoms with van der Waals surface area (Å²) < 4.78 is 4.80. The van der Waals surface area contributed by atoms with Crippen LogP contribution >= 0.6 is 0 Å². The Bertz CT molecular complexity index is 826. The fourth-order valence-corrected chi connectivity index (χ4v) is 2.82. The number of non-ortho nitro benzene ring substituents is 1. The molecule has 0 aromatic heterocycles. The second kappa shape index (κ2) is 9.05. The third kappa shape index (κ3) is 5.72. The molecule has 0 bridgehead atoms. The van der Waals surface area contributed by atoms with Gasteiger partial charge in [-0.2, -0.15) is 0 Å². The van der Waals surface area contributed by atoms with Gasteiger partial charge in [0.1, 0.15) is 6.04 Å². The quantitative estimate of drug-likeness (QED) is 0.332. The molecule has 0 saturated heterocycles. The SMILES string of the molecule is COC(=O)[C@H](Cc1ccc([N+](=O)[O-])cc1)NCC(=O)c1cc(C)cc(C)c1. The van der Waals surface area contributed by atoms with Crippen molar-refractivity contribution in [1.82, 2.24) is 5.32 Å². The Morgan fingerprint density at radius 2 is 1.70 bits per heavy atom. The predicted molar refractivity (Wildman–Crippen MR) is 101 cm³/mol. The van der Waals surface area contributed by atoms with Gasteiger partial charge in [0.25, 0.3) is 5.69 Å². The Morgan fingerprint density at radius 3 is 2.22 bits per heavy atom. The van der Waals surface area contributed by atoms with Crippen molar-refractivity contribution in [1.29, 1.82) is 0 Å². The molecule has 142 valence electrons. The number of carbonyl (C=O) groups is 2. The number of nitro groups is 1. The number of hydrogen-bond acceptors (Lipinski definition) is 6. The van der Waals surface area contributed by atoms with Gasteiger partial charge in [0, 0.05) is 17.7 Å². The first-order chi connectivity index (χ1) is 12.8. The predicted octanol–water partition coefficient (Wildman–Crippen LogP) is 2.77. The van der Waals surface area contributed by atoms with Crippen molar-refractivity contribution in [3.8, 4) is 0 Å². The lowest BCUT2D eigenvalue weighted by atomic mass is 10.0. The average molecular weight is 370 g/mol. The normalized spacial score (nSPS) is 11.7. The molecule has 1 N–H and O–H groups in total. The summed E-state index contributed by atoms with van der Waals surface area (Å²) in [4.78, 5) is 34.7. The first kappa shape index (κ1) is 20.3. The summed E-state index contributed by atoms with van der Waals surface area (Å²) >= 11 is 0. The van der Waals surface area contributed by atoms with Gasteiger partial charge >= 0.3 is 5.97 Å². The Labute approximate surface area is 157 Å². The number of nitrogens with one attached hydrogen (secondary N) is 1. The minimum absolute atomic E-state index is 0.0182. The standard InChI is InChI=1S/C20H22N2O5/c1-13-8-14(2)10-16(9-13)19(23)12-21-18(20(24)27-3)11-15-4-6-17(7-5-15)22(25)26/h4-10,18,21H,11-12H2,1-3H3/t18-/m0/s1. The Morgan fingerprint density at radius 1 is 1.11 bits per heavy atom. The average Bonchev–Trinajstić information content (AvgIpc) is 2.63. The molecule has 0 spiro atoms. The van der Waals surface area contributed by atoms with E-state index in [9.17, 15) is 19.7 Å². The number of Topliss-reactive ketones (excluding diaryl/α,β-unsaturated/α-hetero) is 1. The molecule has 0 heterocycles. The Hall–Kier alpha value is -3.06. The number of esters is 1. The summed E-state index contributed by atoms with van der Waals surface area (Å²) in [5, 5.41) is 13.7. The van der Waals surface area contributed by atoms with Gasteiger partial charge in [-0.25, -0.2) is 0 Å². The molecule has 0 aliphatic rings. The monoisotopic (exact) mass is 370 g/mol. The minimum atomic E-state index is -0.730. The van der Waals surface area contributed by atoms with Gasteiger partial charge in [0.05, 0.1) is 18.6 Å². The highest BCUT2D eigenvalue weighted by Crippen LogP contribution is 2.14. The van der Waals surface area contributed by atoms with Crippen molar-refractivity contribution < 1.29 is 19.2 Å². The second-order valence-electron chi connectivity index (χ2n) is 6.38. The fraction of sp³-hybridized carbons (Fsp3) is 0.300. The van der Waals surface area contributed by atoms with E-state index in [-0.39, 0.29) is 24.4 Å². The van der Waals surface area contributed by atoms with Crippen LogP contribution in [0.15, 0.2) is 42.5 Å². The van der Waals surface area contributed by atoms with Crippen LogP contribution in [0.3, 0.4) is 0 Å². The molecule has 2 rings (SSSR count). The lowest BCUT2D eigenvalue weighted by molar-refractivity contribution is -0.384. The van der Waals surface area contributed by atoms with Crippen molar-refractivity contribution >= 4 is 17.4 Å². The number of methoxy groups -OCH3 is 1. The van der Waals surface area contributed by atoms with E-state index >= 15 is 0 Å². The first-order valence-electron chi connectivity index (χ1n) is 8.46. The smallest absolute Gasteiger partial charge is 0.323 e. The van der Waals surface area contributed by atoms with E-state index in [1.807, 2.05) is 19.9 Å². The molecule has 0 aliphatic heterocycles. The van der Waals surface area contributed by atoms with Crippen LogP contribution in [-0.4, -0.2) is 36.4 Å². The summed E-state index contributed by atoms with van der Waals surface area (Å²) in [5.41, 5.74) is 3.27. The van der Waals surface area contributed by atoms with E-state index in [2.05, 4.69) is 5.32 Å². The summed E-state index contributed by atoms with van der Waals surface area (Å²) in [6.07, 6.45) is 0.255. The van der Waals surface area contributed by atoms with Crippen LogP contribution in [0, 0.1) is 24.0 Å². The molecule has 0 fully saturated rings. The summed E-state index contributed by atoms with van der Waals surface area (Å²) in [6.45, 7) is 3.82. The van der Waals surface area contributed by atoms with Gasteiger partial charge in [0.2, 0.25) is 0 Å². The van der Waals surface area contributed by atoms with Gasteiger partial charge in [-0.1, -0.05) is 29.3 Å². The molecular formula is C20H22N2O5. The van der Waals surface area contributed by atoms with E-state index in [1.165, 1.54) is 19.2 Å². The first-order valence-corrected chi connectivity index (χ1v) is 8.46. The molecule has 0 unspecified atom stereocenters. The summed E-state index contributed by atoms with van der Waals surface area (Å²) in [5.74, 6) is -0.624. The maximum atomic E-state index is 12.4. The van der Waals surface area contributed by atoms with Crippen LogP contribution in [0.25, 0.3) is 0 Å². The number of rotatable bonds is 8. The van der Waals surface area contributed by atoms with Crippen molar-refractivity contribution in [2.45, 2.75) is 26.3 Å². The highest BCUT2D eigenvalue weighted by Gasteiger charge is 2.21. The largest absolute Gasteiger partial charge is 0.468 e. The molecule has 0 amide bonds. The Balaban J connectivity index is 2.06. The number of ether oxygens (including phenoxy) is 1. The fourth-order valence-electron chi connectivity index (χ4n) is 2.82. The van der Waals surface area contributed by atoms with Crippen LogP contribution in [0.5, 0.6) is 0 Å². The lowest BCUT2D eigenvalue weighted by Gasteiger charge is -2.16. The van der Waals surface area contributed by atoms with Gasteiger partial charge in [-0.3, -0.25) is 25.0 Å². The number of ketones is 1. The Kier molecular flexibility index (Phi) is 6.79. The summed E-state index contributed by atoms with van der Waals surface area (Å²) in [7, 11) is 1.28. The highest BCUT2D eigenvalue weighted by molar-refractivity contribution is 5.98. The third-order valence-electron chi connectivity index (χ3n) is 4.13. The molecule has 0 radical (unpaired) electrons. The van der Waals surface area contributed by atoms with Crippen LogP contribution < -0.4 is 5.32 Å². The van der Waals surface area contributed by atoms with Gasteiger partial charge < -0.3 is 4.74 Å². The number of carbonyl (C=O) groups excluding carboxylic acids is 2. The van der Waals surface area contributed by atoms with Crippen LogP contribution in [0.4, 0.5) is 5.69 Å². The molecule has 27 heavy (non-hydrogen) atoms. The number of benzene rings is 2. The molecule has 0 saturated carbocycles. The minimum Gasteiger partial charge on any atom is -0.468 e. The van der Waals surface area contributed by atoms with Gasteiger partial charge in [-0.05, 0) is 38.0 Å².